The minimum atomic E-state index is 0.715. The van der Waals surface area contributed by atoms with E-state index in [0.29, 0.717) is 6.04 Å². The lowest BCUT2D eigenvalue weighted by Crippen LogP contribution is -2.26. The Kier molecular flexibility index (Phi) is 2.48. The number of pyridine rings is 1. The smallest absolute Gasteiger partial charge is 0.0421 e. The average molecular weight is 176 g/mol. The molecule has 0 spiro atoms. The second-order valence-electron chi connectivity index (χ2n) is 3.66. The summed E-state index contributed by atoms with van der Waals surface area (Å²) in [5.74, 6) is 0. The largest absolute Gasteiger partial charge is 0.382 e. The van der Waals surface area contributed by atoms with Gasteiger partial charge >= 0.3 is 0 Å². The fourth-order valence-electron chi connectivity index (χ4n) is 1.55. The molecule has 1 N–H and O–H groups in total. The van der Waals surface area contributed by atoms with Crippen LogP contribution in [0, 0.1) is 0 Å². The molecule has 1 aromatic rings. The van der Waals surface area contributed by atoms with Gasteiger partial charge in [-0.2, -0.15) is 0 Å². The van der Waals surface area contributed by atoms with Gasteiger partial charge in [-0.05, 0) is 37.8 Å². The second kappa shape index (κ2) is 3.77. The summed E-state index contributed by atoms with van der Waals surface area (Å²) in [6.07, 6.45) is 6.93. The summed E-state index contributed by atoms with van der Waals surface area (Å²) >= 11 is 0. The summed E-state index contributed by atoms with van der Waals surface area (Å²) in [5, 5.41) is 3.51. The number of hydrogen-bond donors (Lipinski definition) is 1. The van der Waals surface area contributed by atoms with Crippen LogP contribution in [0.5, 0.6) is 0 Å². The van der Waals surface area contributed by atoms with Crippen molar-refractivity contribution in [2.45, 2.75) is 38.6 Å². The molecule has 0 aromatic carbocycles. The van der Waals surface area contributed by atoms with E-state index in [1.165, 1.54) is 30.6 Å². The summed E-state index contributed by atoms with van der Waals surface area (Å²) in [5.41, 5.74) is 2.40. The van der Waals surface area contributed by atoms with Crippen molar-refractivity contribution in [1.82, 2.24) is 4.98 Å². The van der Waals surface area contributed by atoms with Gasteiger partial charge < -0.3 is 5.32 Å². The first-order valence-electron chi connectivity index (χ1n) is 5.10. The molecule has 0 radical (unpaired) electrons. The molecule has 0 aliphatic heterocycles. The monoisotopic (exact) mass is 176 g/mol. The lowest BCUT2D eigenvalue weighted by atomic mass is 9.93. The molecule has 1 fully saturated rings. The number of aryl methyl sites for hydroxylation is 1. The second-order valence-corrected chi connectivity index (χ2v) is 3.66. The van der Waals surface area contributed by atoms with Crippen LogP contribution in [0.1, 0.15) is 31.9 Å². The Balaban J connectivity index is 2.01. The maximum Gasteiger partial charge on any atom is 0.0421 e. The zero-order valence-electron chi connectivity index (χ0n) is 8.09. The number of anilines is 1. The number of hydrogen-bond acceptors (Lipinski definition) is 2. The summed E-state index contributed by atoms with van der Waals surface area (Å²) < 4.78 is 0. The van der Waals surface area contributed by atoms with Crippen LogP contribution in [-0.2, 0) is 6.42 Å². The van der Waals surface area contributed by atoms with E-state index in [-0.39, 0.29) is 0 Å². The van der Waals surface area contributed by atoms with Gasteiger partial charge in [0, 0.05) is 23.6 Å². The van der Waals surface area contributed by atoms with Crippen molar-refractivity contribution in [3.8, 4) is 0 Å². The number of aromatic nitrogens is 1. The lowest BCUT2D eigenvalue weighted by molar-refractivity contribution is 0.445. The molecule has 2 rings (SSSR count). The molecule has 2 nitrogen and oxygen atoms in total. The van der Waals surface area contributed by atoms with Crippen molar-refractivity contribution in [2.75, 3.05) is 5.32 Å². The van der Waals surface area contributed by atoms with Crippen molar-refractivity contribution in [1.29, 1.82) is 0 Å². The van der Waals surface area contributed by atoms with Gasteiger partial charge in [-0.1, -0.05) is 6.92 Å². The van der Waals surface area contributed by atoms with Crippen LogP contribution in [0.15, 0.2) is 18.3 Å². The molecule has 0 unspecified atom stereocenters. The van der Waals surface area contributed by atoms with Gasteiger partial charge in [0.15, 0.2) is 0 Å². The predicted molar refractivity (Wildman–Crippen MR) is 54.9 cm³/mol. The van der Waals surface area contributed by atoms with Gasteiger partial charge in [-0.3, -0.25) is 4.98 Å². The fraction of sp³-hybridized carbons (Fsp3) is 0.545. The molecule has 1 aromatic heterocycles. The molecule has 1 saturated carbocycles. The van der Waals surface area contributed by atoms with Crippen LogP contribution in [0.2, 0.25) is 0 Å². The maximum absolute atomic E-state index is 4.27. The summed E-state index contributed by atoms with van der Waals surface area (Å²) in [7, 11) is 0. The number of nitrogens with zero attached hydrogens (tertiary/aromatic N) is 1. The van der Waals surface area contributed by atoms with E-state index in [4.69, 9.17) is 0 Å². The molecule has 1 heterocycles. The van der Waals surface area contributed by atoms with Gasteiger partial charge in [-0.25, -0.2) is 0 Å². The Morgan fingerprint density at radius 2 is 2.38 bits per heavy atom. The first-order chi connectivity index (χ1) is 6.38. The highest BCUT2D eigenvalue weighted by molar-refractivity contribution is 5.44. The topological polar surface area (TPSA) is 24.9 Å². The van der Waals surface area contributed by atoms with E-state index in [1.807, 2.05) is 6.20 Å². The van der Waals surface area contributed by atoms with Crippen molar-refractivity contribution < 1.29 is 0 Å². The van der Waals surface area contributed by atoms with Crippen LogP contribution < -0.4 is 5.32 Å². The number of rotatable bonds is 3. The minimum absolute atomic E-state index is 0.715. The van der Waals surface area contributed by atoms with E-state index in [2.05, 4.69) is 29.4 Å². The minimum Gasteiger partial charge on any atom is -0.382 e. The Bertz CT molecular complexity index is 279. The van der Waals surface area contributed by atoms with Crippen molar-refractivity contribution in [3.63, 3.8) is 0 Å². The highest BCUT2D eigenvalue weighted by Gasteiger charge is 2.16. The standard InChI is InChI=1S/C11H16N2/c1-2-9-8-11(6-7-12-9)13-10-4-3-5-10/h6-8,10H,2-5H2,1H3,(H,12,13). The van der Waals surface area contributed by atoms with Gasteiger partial charge in [-0.15, -0.1) is 0 Å². The van der Waals surface area contributed by atoms with E-state index in [9.17, 15) is 0 Å². The SMILES string of the molecule is CCc1cc(NC2CCC2)ccn1. The highest BCUT2D eigenvalue weighted by Crippen LogP contribution is 2.23. The van der Waals surface area contributed by atoms with E-state index < -0.39 is 0 Å². The highest BCUT2D eigenvalue weighted by atomic mass is 14.9. The Morgan fingerprint density at radius 1 is 1.54 bits per heavy atom. The Morgan fingerprint density at radius 3 is 3.00 bits per heavy atom. The third kappa shape index (κ3) is 2.00. The van der Waals surface area contributed by atoms with Gasteiger partial charge in [0.05, 0.1) is 0 Å². The molecule has 13 heavy (non-hydrogen) atoms. The molecule has 1 aliphatic rings. The van der Waals surface area contributed by atoms with Crippen LogP contribution in [-0.4, -0.2) is 11.0 Å². The van der Waals surface area contributed by atoms with Crippen molar-refractivity contribution in [3.05, 3.63) is 24.0 Å². The van der Waals surface area contributed by atoms with Crippen LogP contribution in [0.25, 0.3) is 0 Å². The van der Waals surface area contributed by atoms with Crippen LogP contribution in [0.4, 0.5) is 5.69 Å². The Labute approximate surface area is 79.4 Å². The first-order valence-corrected chi connectivity index (χ1v) is 5.10. The van der Waals surface area contributed by atoms with E-state index in [1.54, 1.807) is 0 Å². The predicted octanol–water partition coefficient (Wildman–Crippen LogP) is 2.61. The summed E-state index contributed by atoms with van der Waals surface area (Å²) in [6.45, 7) is 2.13. The van der Waals surface area contributed by atoms with Crippen LogP contribution >= 0.6 is 0 Å². The quantitative estimate of drug-likeness (QED) is 0.765. The van der Waals surface area contributed by atoms with Gasteiger partial charge in [0.1, 0.15) is 0 Å². The molecule has 0 atom stereocenters. The number of nitrogens with one attached hydrogen (secondary N) is 1. The van der Waals surface area contributed by atoms with Crippen molar-refractivity contribution in [2.24, 2.45) is 0 Å². The molecule has 0 amide bonds. The average Bonchev–Trinajstić information content (AvgIpc) is 2.12. The third-order valence-electron chi connectivity index (χ3n) is 2.65. The molecule has 1 aliphatic carbocycles. The Hall–Kier alpha value is -1.05. The molecular formula is C11H16N2. The van der Waals surface area contributed by atoms with Crippen LogP contribution in [0.3, 0.4) is 0 Å². The molecule has 0 saturated heterocycles. The zero-order valence-corrected chi connectivity index (χ0v) is 8.09. The molecule has 0 bridgehead atoms. The normalized spacial score (nSPS) is 16.7. The zero-order chi connectivity index (χ0) is 9.10. The van der Waals surface area contributed by atoms with Crippen molar-refractivity contribution >= 4 is 5.69 Å². The van der Waals surface area contributed by atoms with Gasteiger partial charge in [0.2, 0.25) is 0 Å². The van der Waals surface area contributed by atoms with Gasteiger partial charge in [0.25, 0.3) is 0 Å². The lowest BCUT2D eigenvalue weighted by Gasteiger charge is -2.27. The first kappa shape index (κ1) is 8.54. The van der Waals surface area contributed by atoms with E-state index in [0.717, 1.165) is 6.42 Å². The fourth-order valence-corrected chi connectivity index (χ4v) is 1.55. The molecular weight excluding hydrogens is 160 g/mol. The van der Waals surface area contributed by atoms with E-state index >= 15 is 0 Å². The summed E-state index contributed by atoms with van der Waals surface area (Å²) in [4.78, 5) is 4.27. The summed E-state index contributed by atoms with van der Waals surface area (Å²) in [6, 6.07) is 4.92. The maximum atomic E-state index is 4.27. The molecule has 70 valence electrons. The third-order valence-corrected chi connectivity index (χ3v) is 2.65. The molecule has 2 heteroatoms.